The Morgan fingerprint density at radius 3 is 2.04 bits per heavy atom. The Labute approximate surface area is 137 Å². The van der Waals surface area contributed by atoms with Gasteiger partial charge in [-0.2, -0.15) is 0 Å². The van der Waals surface area contributed by atoms with Gasteiger partial charge in [0.2, 0.25) is 5.91 Å². The molecule has 1 atom stereocenters. The second-order valence-electron chi connectivity index (χ2n) is 6.13. The van der Waals surface area contributed by atoms with E-state index in [0.717, 1.165) is 17.0 Å². The number of benzene rings is 1. The molecule has 3 N–H and O–H groups in total. The molecule has 0 fully saturated rings. The summed E-state index contributed by atoms with van der Waals surface area (Å²) in [6.45, 7) is 4.91. The average Bonchev–Trinajstić information content (AvgIpc) is 2.34. The number of hydrogen-bond acceptors (Lipinski definition) is 3. The van der Waals surface area contributed by atoms with Crippen molar-refractivity contribution in [3.05, 3.63) is 29.8 Å². The molecule has 134 valence electrons. The van der Waals surface area contributed by atoms with E-state index in [0.29, 0.717) is 5.56 Å². The number of nitrogens with zero attached hydrogens (tertiary/aromatic N) is 1. The first-order chi connectivity index (χ1) is 10.8. The Bertz CT molecular complexity index is 594. The number of carbonyl (C=O) groups is 2. The van der Waals surface area contributed by atoms with Crippen LogP contribution in [0.5, 0.6) is 5.75 Å². The van der Waals surface area contributed by atoms with E-state index >= 15 is 0 Å². The average molecular weight is 348 g/mol. The maximum Gasteiger partial charge on any atom is 0.573 e. The predicted octanol–water partition coefficient (Wildman–Crippen LogP) is 3.28. The number of carboxylic acid groups (broad SMARTS) is 1. The Morgan fingerprint density at radius 1 is 1.21 bits per heavy atom. The highest BCUT2D eigenvalue weighted by Gasteiger charge is 2.35. The summed E-state index contributed by atoms with van der Waals surface area (Å²) in [5, 5.41) is 9.46. The zero-order chi connectivity index (χ0) is 18.7. The van der Waals surface area contributed by atoms with Crippen molar-refractivity contribution in [1.82, 2.24) is 4.90 Å². The van der Waals surface area contributed by atoms with Crippen LogP contribution in [0.1, 0.15) is 38.8 Å². The Hall–Kier alpha value is -2.45. The minimum Gasteiger partial charge on any atom is -0.465 e. The van der Waals surface area contributed by atoms with Gasteiger partial charge in [-0.3, -0.25) is 9.69 Å². The summed E-state index contributed by atoms with van der Waals surface area (Å²) in [5.41, 5.74) is 4.67. The number of halogens is 3. The van der Waals surface area contributed by atoms with Crippen molar-refractivity contribution in [2.24, 2.45) is 5.73 Å². The van der Waals surface area contributed by atoms with E-state index in [-0.39, 0.29) is 6.42 Å². The van der Waals surface area contributed by atoms with Crippen LogP contribution >= 0.6 is 0 Å². The summed E-state index contributed by atoms with van der Waals surface area (Å²) in [7, 11) is 0. The first-order valence-corrected chi connectivity index (χ1v) is 6.97. The highest BCUT2D eigenvalue weighted by Crippen LogP contribution is 2.32. The summed E-state index contributed by atoms with van der Waals surface area (Å²) in [5.74, 6) is -1.17. The molecule has 1 aromatic rings. The Kier molecular flexibility index (Phi) is 5.70. The molecule has 0 aromatic heterocycles. The third-order valence-corrected chi connectivity index (χ3v) is 3.13. The van der Waals surface area contributed by atoms with Crippen LogP contribution in [0.3, 0.4) is 0 Å². The lowest BCUT2D eigenvalue weighted by Gasteiger charge is -2.39. The molecule has 0 aliphatic carbocycles. The largest absolute Gasteiger partial charge is 0.573 e. The summed E-state index contributed by atoms with van der Waals surface area (Å²) < 4.78 is 40.4. The first kappa shape index (κ1) is 19.6. The number of carbonyl (C=O) groups excluding carboxylic acids is 1. The van der Waals surface area contributed by atoms with E-state index in [4.69, 9.17) is 5.73 Å². The summed E-state index contributed by atoms with van der Waals surface area (Å²) in [6.07, 6.45) is -6.40. The summed E-state index contributed by atoms with van der Waals surface area (Å²) in [4.78, 5) is 24.0. The van der Waals surface area contributed by atoms with Gasteiger partial charge in [-0.25, -0.2) is 4.79 Å². The molecular weight excluding hydrogens is 329 g/mol. The van der Waals surface area contributed by atoms with Gasteiger partial charge in [0, 0.05) is 5.54 Å². The number of primary amides is 1. The fraction of sp³-hybridized carbons (Fsp3) is 0.467. The molecule has 1 rings (SSSR count). The van der Waals surface area contributed by atoms with Crippen LogP contribution in [0.4, 0.5) is 18.0 Å². The maximum absolute atomic E-state index is 12.2. The topological polar surface area (TPSA) is 92.9 Å². The first-order valence-electron chi connectivity index (χ1n) is 6.97. The molecule has 0 saturated carbocycles. The van der Waals surface area contributed by atoms with Crippen LogP contribution in [0.15, 0.2) is 24.3 Å². The summed E-state index contributed by atoms with van der Waals surface area (Å²) >= 11 is 0. The van der Waals surface area contributed by atoms with Crippen molar-refractivity contribution in [3.63, 3.8) is 0 Å². The standard InChI is InChI=1S/C15H19F3N2O4/c1-14(2,3)20(13(22)23)11(8-12(19)21)9-4-6-10(7-5-9)24-15(16,17)18/h4-7,11H,8H2,1-3H3,(H2,19,21)(H,22,23). The van der Waals surface area contributed by atoms with Crippen LogP contribution in [-0.4, -0.2) is 33.9 Å². The van der Waals surface area contributed by atoms with Gasteiger partial charge in [0.25, 0.3) is 0 Å². The van der Waals surface area contributed by atoms with Crippen molar-refractivity contribution in [1.29, 1.82) is 0 Å². The third-order valence-electron chi connectivity index (χ3n) is 3.13. The van der Waals surface area contributed by atoms with Crippen molar-refractivity contribution in [2.75, 3.05) is 0 Å². The van der Waals surface area contributed by atoms with E-state index < -0.39 is 35.7 Å². The van der Waals surface area contributed by atoms with Gasteiger partial charge in [-0.05, 0) is 38.5 Å². The summed E-state index contributed by atoms with van der Waals surface area (Å²) in [6, 6.07) is 3.73. The fourth-order valence-electron chi connectivity index (χ4n) is 2.33. The molecule has 0 aliphatic rings. The van der Waals surface area contributed by atoms with Gasteiger partial charge in [0.15, 0.2) is 0 Å². The number of rotatable bonds is 5. The molecule has 1 aromatic carbocycles. The minimum absolute atomic E-state index is 0.303. The van der Waals surface area contributed by atoms with Crippen molar-refractivity contribution in [2.45, 2.75) is 45.1 Å². The quantitative estimate of drug-likeness (QED) is 0.854. The lowest BCUT2D eigenvalue weighted by atomic mass is 9.96. The number of amides is 2. The smallest absolute Gasteiger partial charge is 0.465 e. The van der Waals surface area contributed by atoms with Crippen molar-refractivity contribution in [3.8, 4) is 5.75 Å². The molecule has 24 heavy (non-hydrogen) atoms. The number of ether oxygens (including phenoxy) is 1. The van der Waals surface area contributed by atoms with Crippen LogP contribution in [0.25, 0.3) is 0 Å². The molecule has 6 nitrogen and oxygen atoms in total. The van der Waals surface area contributed by atoms with Gasteiger partial charge < -0.3 is 15.6 Å². The van der Waals surface area contributed by atoms with Gasteiger partial charge in [0.1, 0.15) is 5.75 Å². The van der Waals surface area contributed by atoms with Crippen LogP contribution < -0.4 is 10.5 Å². The molecule has 0 saturated heterocycles. The van der Waals surface area contributed by atoms with E-state index in [2.05, 4.69) is 4.74 Å². The molecule has 0 aliphatic heterocycles. The highest BCUT2D eigenvalue weighted by atomic mass is 19.4. The molecule has 0 bridgehead atoms. The predicted molar refractivity (Wildman–Crippen MR) is 79.3 cm³/mol. The Morgan fingerprint density at radius 2 is 1.71 bits per heavy atom. The molecule has 0 spiro atoms. The van der Waals surface area contributed by atoms with E-state index in [1.807, 2.05) is 0 Å². The minimum atomic E-state index is -4.83. The number of hydrogen-bond donors (Lipinski definition) is 2. The second-order valence-corrected chi connectivity index (χ2v) is 6.13. The second kappa shape index (κ2) is 6.98. The monoisotopic (exact) mass is 348 g/mol. The number of nitrogens with two attached hydrogens (primary N) is 1. The molecule has 9 heteroatoms. The van der Waals surface area contributed by atoms with E-state index in [1.165, 1.54) is 12.1 Å². The van der Waals surface area contributed by atoms with E-state index in [1.54, 1.807) is 20.8 Å². The van der Waals surface area contributed by atoms with Crippen LogP contribution in [-0.2, 0) is 4.79 Å². The Balaban J connectivity index is 3.21. The lowest BCUT2D eigenvalue weighted by Crippen LogP contribution is -2.48. The fourth-order valence-corrected chi connectivity index (χ4v) is 2.33. The lowest BCUT2D eigenvalue weighted by molar-refractivity contribution is -0.274. The van der Waals surface area contributed by atoms with Gasteiger partial charge in [-0.15, -0.1) is 13.2 Å². The van der Waals surface area contributed by atoms with Crippen molar-refractivity contribution < 1.29 is 32.6 Å². The SMILES string of the molecule is CC(C)(C)N(C(=O)O)C(CC(N)=O)c1ccc(OC(F)(F)F)cc1. The zero-order valence-corrected chi connectivity index (χ0v) is 13.4. The van der Waals surface area contributed by atoms with Gasteiger partial charge in [0.05, 0.1) is 12.5 Å². The van der Waals surface area contributed by atoms with Crippen LogP contribution in [0.2, 0.25) is 0 Å². The molecule has 0 heterocycles. The normalized spacial score (nSPS) is 13.2. The molecule has 0 radical (unpaired) electrons. The van der Waals surface area contributed by atoms with Crippen molar-refractivity contribution >= 4 is 12.0 Å². The van der Waals surface area contributed by atoms with Gasteiger partial charge in [-0.1, -0.05) is 12.1 Å². The highest BCUT2D eigenvalue weighted by molar-refractivity contribution is 5.76. The molecular formula is C15H19F3N2O4. The van der Waals surface area contributed by atoms with Crippen LogP contribution in [0, 0.1) is 0 Å². The number of alkyl halides is 3. The van der Waals surface area contributed by atoms with E-state index in [9.17, 15) is 27.9 Å². The van der Waals surface area contributed by atoms with Gasteiger partial charge >= 0.3 is 12.5 Å². The molecule has 2 amide bonds. The molecule has 1 unspecified atom stereocenters. The maximum atomic E-state index is 12.2. The zero-order valence-electron chi connectivity index (χ0n) is 13.4. The third kappa shape index (κ3) is 5.64.